The van der Waals surface area contributed by atoms with E-state index >= 15 is 0 Å². The summed E-state index contributed by atoms with van der Waals surface area (Å²) in [5, 5.41) is 12.7. The monoisotopic (exact) mass is 603 g/mol. The van der Waals surface area contributed by atoms with Gasteiger partial charge in [-0.3, -0.25) is 4.79 Å². The Kier molecular flexibility index (Phi) is 13.3. The molecule has 0 saturated carbocycles. The number of carbonyl (C=O) groups is 1. The maximum Gasteiger partial charge on any atom is 0.295 e. The van der Waals surface area contributed by atoms with Crippen molar-refractivity contribution in [1.29, 1.82) is 0 Å². The van der Waals surface area contributed by atoms with Crippen molar-refractivity contribution >= 4 is 5.91 Å². The van der Waals surface area contributed by atoms with Crippen molar-refractivity contribution in [2.45, 2.75) is 130 Å². The zero-order valence-electron chi connectivity index (χ0n) is 27.6. The van der Waals surface area contributed by atoms with Crippen LogP contribution in [0.5, 0.6) is 0 Å². The minimum Gasteiger partial charge on any atom is -0.391 e. The van der Waals surface area contributed by atoms with E-state index in [0.29, 0.717) is 18.3 Å². The average Bonchev–Trinajstić information content (AvgIpc) is 2.98. The highest BCUT2D eigenvalue weighted by Gasteiger charge is 2.48. The zero-order valence-corrected chi connectivity index (χ0v) is 27.6. The number of aliphatic hydroxyl groups excluding tert-OH is 1. The Morgan fingerprint density at radius 1 is 0.860 bits per heavy atom. The van der Waals surface area contributed by atoms with E-state index in [-0.39, 0.29) is 79.0 Å². The van der Waals surface area contributed by atoms with Crippen molar-refractivity contribution in [3.63, 3.8) is 0 Å². The van der Waals surface area contributed by atoms with E-state index in [9.17, 15) is 9.90 Å². The summed E-state index contributed by atoms with van der Waals surface area (Å²) >= 11 is 0. The lowest BCUT2D eigenvalue weighted by molar-refractivity contribution is -0.332. The lowest BCUT2D eigenvalue weighted by atomic mass is 9.78. The van der Waals surface area contributed by atoms with Crippen LogP contribution in [0, 0.1) is 53.8 Å². The molecule has 2 N–H and O–H groups in total. The SMILES string of the molecule is C#CC(=O)NCC(O)CCCC1OC(C=C)C(OC2OC(C)C(OC3OC(C)C(C)C(C)C3C=C)C(C)C2C)C(C)C1C. The van der Waals surface area contributed by atoms with Crippen LogP contribution in [-0.2, 0) is 28.5 Å². The number of carbonyl (C=O) groups excluding carboxylic acids is 1. The molecule has 0 aliphatic carbocycles. The Balaban J connectivity index is 1.58. The Bertz CT molecular complexity index is 966. The number of nitrogens with one attached hydrogen (secondary N) is 1. The fourth-order valence-electron chi connectivity index (χ4n) is 6.97. The van der Waals surface area contributed by atoms with E-state index in [1.165, 1.54) is 0 Å². The Hall–Kier alpha value is -1.73. The van der Waals surface area contributed by atoms with Crippen LogP contribution in [0.4, 0.5) is 0 Å². The summed E-state index contributed by atoms with van der Waals surface area (Å²) in [5.74, 6) is 3.13. The van der Waals surface area contributed by atoms with E-state index in [1.807, 2.05) is 18.1 Å². The van der Waals surface area contributed by atoms with E-state index in [2.05, 4.69) is 73.9 Å². The van der Waals surface area contributed by atoms with Gasteiger partial charge in [0.2, 0.25) is 0 Å². The van der Waals surface area contributed by atoms with Crippen molar-refractivity contribution in [3.8, 4) is 12.3 Å². The van der Waals surface area contributed by atoms with E-state index in [1.54, 1.807) is 0 Å². The average molecular weight is 604 g/mol. The molecule has 244 valence electrons. The van der Waals surface area contributed by atoms with Crippen LogP contribution in [0.3, 0.4) is 0 Å². The van der Waals surface area contributed by atoms with Crippen molar-refractivity contribution in [2.24, 2.45) is 41.4 Å². The summed E-state index contributed by atoms with van der Waals surface area (Å²) in [6.07, 6.45) is 8.89. The summed E-state index contributed by atoms with van der Waals surface area (Å²) in [7, 11) is 0. The fourth-order valence-corrected chi connectivity index (χ4v) is 6.97. The van der Waals surface area contributed by atoms with Gasteiger partial charge in [0, 0.05) is 18.4 Å². The quantitative estimate of drug-likeness (QED) is 0.237. The fraction of sp³-hybridized carbons (Fsp3) is 0.800. The highest BCUT2D eigenvalue weighted by Crippen LogP contribution is 2.42. The summed E-state index contributed by atoms with van der Waals surface area (Å²) in [6, 6.07) is 0. The van der Waals surface area contributed by atoms with Crippen LogP contribution in [0.2, 0.25) is 0 Å². The van der Waals surface area contributed by atoms with Gasteiger partial charge in [-0.1, -0.05) is 53.7 Å². The number of hydrogen-bond donors (Lipinski definition) is 2. The van der Waals surface area contributed by atoms with E-state index < -0.39 is 18.3 Å². The summed E-state index contributed by atoms with van der Waals surface area (Å²) in [5.41, 5.74) is 0. The third kappa shape index (κ3) is 8.51. The molecule has 0 bridgehead atoms. The van der Waals surface area contributed by atoms with Gasteiger partial charge < -0.3 is 34.1 Å². The summed E-state index contributed by atoms with van der Waals surface area (Å²) in [6.45, 7) is 25.7. The second-order valence-electron chi connectivity index (χ2n) is 13.4. The zero-order chi connectivity index (χ0) is 32.0. The lowest BCUT2D eigenvalue weighted by Gasteiger charge is -2.50. The van der Waals surface area contributed by atoms with Gasteiger partial charge in [-0.2, -0.15) is 0 Å². The van der Waals surface area contributed by atoms with Gasteiger partial charge >= 0.3 is 0 Å². The lowest BCUT2D eigenvalue weighted by Crippen LogP contribution is -2.57. The number of terminal acetylenes is 1. The van der Waals surface area contributed by atoms with Crippen molar-refractivity contribution < 1.29 is 33.6 Å². The molecular weight excluding hydrogens is 546 g/mol. The van der Waals surface area contributed by atoms with Crippen LogP contribution in [-0.4, -0.2) is 72.9 Å². The first-order valence-corrected chi connectivity index (χ1v) is 16.3. The topological polar surface area (TPSA) is 95.5 Å². The maximum absolute atomic E-state index is 11.2. The molecule has 0 radical (unpaired) electrons. The van der Waals surface area contributed by atoms with Crippen LogP contribution in [0.15, 0.2) is 25.3 Å². The number of rotatable bonds is 12. The molecule has 0 aromatic carbocycles. The van der Waals surface area contributed by atoms with Gasteiger partial charge in [0.1, 0.15) is 6.10 Å². The van der Waals surface area contributed by atoms with Gasteiger partial charge in [-0.15, -0.1) is 19.6 Å². The minimum absolute atomic E-state index is 0.00600. The van der Waals surface area contributed by atoms with Crippen molar-refractivity contribution in [3.05, 3.63) is 25.3 Å². The van der Waals surface area contributed by atoms with Gasteiger partial charge in [0.05, 0.1) is 36.6 Å². The smallest absolute Gasteiger partial charge is 0.295 e. The first-order valence-electron chi connectivity index (χ1n) is 16.3. The van der Waals surface area contributed by atoms with E-state index in [4.69, 9.17) is 30.1 Å². The molecule has 16 atom stereocenters. The molecule has 3 fully saturated rings. The molecule has 43 heavy (non-hydrogen) atoms. The highest BCUT2D eigenvalue weighted by atomic mass is 16.7. The molecule has 3 aliphatic heterocycles. The highest BCUT2D eigenvalue weighted by molar-refractivity contribution is 5.92. The Labute approximate surface area is 260 Å². The minimum atomic E-state index is -0.649. The number of amides is 1. The standard InChI is InChI=1S/C35H57NO7/c1-12-28-20(5)19(4)25(10)39-35(28)42-32-23(8)24(9)34(40-26(32)11)43-33-22(7)21(6)30(41-29(33)13-2)17-15-16-27(37)18-36-31(38)14-3/h3,12-13,19-30,32-35,37H,1-2,15-18H2,4-11H3,(H,36,38). The first kappa shape index (κ1) is 35.7. The first-order chi connectivity index (χ1) is 20.3. The van der Waals surface area contributed by atoms with Gasteiger partial charge in [-0.05, 0) is 68.6 Å². The Morgan fingerprint density at radius 2 is 1.49 bits per heavy atom. The molecule has 0 aromatic heterocycles. The second kappa shape index (κ2) is 16.0. The molecule has 8 nitrogen and oxygen atoms in total. The molecule has 0 spiro atoms. The van der Waals surface area contributed by atoms with Crippen LogP contribution in [0.25, 0.3) is 0 Å². The third-order valence-corrected chi connectivity index (χ3v) is 10.8. The Morgan fingerprint density at radius 3 is 2.12 bits per heavy atom. The molecule has 3 rings (SSSR count). The number of aliphatic hydroxyl groups is 1. The normalized spacial score (nSPS) is 44.1. The van der Waals surface area contributed by atoms with Crippen LogP contribution in [0.1, 0.15) is 74.7 Å². The molecule has 1 amide bonds. The summed E-state index contributed by atoms with van der Waals surface area (Å²) < 4.78 is 32.8. The largest absolute Gasteiger partial charge is 0.391 e. The second-order valence-corrected chi connectivity index (χ2v) is 13.4. The third-order valence-electron chi connectivity index (χ3n) is 10.8. The van der Waals surface area contributed by atoms with Gasteiger partial charge in [0.25, 0.3) is 5.91 Å². The molecule has 3 saturated heterocycles. The van der Waals surface area contributed by atoms with E-state index in [0.717, 1.165) is 12.8 Å². The number of ether oxygens (including phenoxy) is 5. The number of hydrogen-bond acceptors (Lipinski definition) is 7. The maximum atomic E-state index is 11.2. The molecular formula is C35H57NO7. The molecule has 3 aliphatic rings. The van der Waals surface area contributed by atoms with Crippen LogP contribution < -0.4 is 5.32 Å². The molecule has 0 aromatic rings. The van der Waals surface area contributed by atoms with Gasteiger partial charge in [0.15, 0.2) is 12.6 Å². The molecule has 16 unspecified atom stereocenters. The molecule has 3 heterocycles. The molecule has 8 heteroatoms. The summed E-state index contributed by atoms with van der Waals surface area (Å²) in [4.78, 5) is 11.2. The van der Waals surface area contributed by atoms with Crippen molar-refractivity contribution in [2.75, 3.05) is 6.54 Å². The predicted molar refractivity (Wildman–Crippen MR) is 168 cm³/mol. The van der Waals surface area contributed by atoms with Gasteiger partial charge in [-0.25, -0.2) is 0 Å². The van der Waals surface area contributed by atoms with Crippen molar-refractivity contribution in [1.82, 2.24) is 5.32 Å². The predicted octanol–water partition coefficient (Wildman–Crippen LogP) is 5.10. The van der Waals surface area contributed by atoms with Crippen LogP contribution >= 0.6 is 0 Å².